The summed E-state index contributed by atoms with van der Waals surface area (Å²) in [4.78, 5) is 24.6. The average molecular weight is 443 g/mol. The number of ketones is 1. The van der Waals surface area contributed by atoms with Crippen molar-refractivity contribution in [1.29, 1.82) is 0 Å². The van der Waals surface area contributed by atoms with E-state index in [4.69, 9.17) is 9.47 Å². The smallest absolute Gasteiger partial charge is 0.306 e. The minimum atomic E-state index is -0.498. The maximum Gasteiger partial charge on any atom is 0.306 e. The summed E-state index contributed by atoms with van der Waals surface area (Å²) in [6.45, 7) is 15.4. The van der Waals surface area contributed by atoms with E-state index in [1.165, 1.54) is 10.1 Å². The summed E-state index contributed by atoms with van der Waals surface area (Å²) in [5.41, 5.74) is -1.87. The van der Waals surface area contributed by atoms with E-state index in [0.29, 0.717) is 25.7 Å². The largest absolute Gasteiger partial charge is 0.462 e. The molecule has 0 unspecified atom stereocenters. The molecule has 2 rings (SSSR count). The molecule has 8 nitrogen and oxygen atoms in total. The maximum atomic E-state index is 12.3. The molecule has 0 saturated carbocycles. The number of hydrogen-bond donors (Lipinski definition) is 2. The van der Waals surface area contributed by atoms with E-state index in [1.54, 1.807) is 0 Å². The fourth-order valence-electron chi connectivity index (χ4n) is 5.33. The van der Waals surface area contributed by atoms with Crippen LogP contribution in [-0.2, 0) is 19.1 Å². The minimum Gasteiger partial charge on any atom is -0.462 e. The lowest BCUT2D eigenvalue weighted by Gasteiger charge is -2.51. The zero-order chi connectivity index (χ0) is 23.8. The van der Waals surface area contributed by atoms with Gasteiger partial charge in [0.1, 0.15) is 12.7 Å². The van der Waals surface area contributed by atoms with Gasteiger partial charge in [-0.1, -0.05) is 0 Å². The van der Waals surface area contributed by atoms with Gasteiger partial charge in [-0.3, -0.25) is 9.59 Å². The molecule has 0 atom stereocenters. The van der Waals surface area contributed by atoms with Gasteiger partial charge in [-0.15, -0.1) is 0 Å². The molecule has 0 amide bonds. The molecular formula is C23H42N2O6. The number of hydroxylamine groups is 4. The summed E-state index contributed by atoms with van der Waals surface area (Å²) in [6, 6.07) is 0. The Morgan fingerprint density at radius 3 is 1.55 bits per heavy atom. The summed E-state index contributed by atoms with van der Waals surface area (Å²) in [7, 11) is 0. The highest BCUT2D eigenvalue weighted by molar-refractivity contribution is 5.83. The van der Waals surface area contributed by atoms with Crippen molar-refractivity contribution in [1.82, 2.24) is 10.1 Å². The van der Waals surface area contributed by atoms with Crippen molar-refractivity contribution in [3.8, 4) is 0 Å². The zero-order valence-electron chi connectivity index (χ0n) is 20.5. The first kappa shape index (κ1) is 26.2. The SMILES string of the molecule is CC1(C)CC(OCC(=O)CCC(=O)OC2CC(C)(C)N(O)C(C)(C)C2)CC(C)(C)N1O. The van der Waals surface area contributed by atoms with Gasteiger partial charge >= 0.3 is 5.97 Å². The van der Waals surface area contributed by atoms with Crippen molar-refractivity contribution in [2.75, 3.05) is 6.61 Å². The number of hydrogen-bond acceptors (Lipinski definition) is 8. The van der Waals surface area contributed by atoms with Crippen LogP contribution in [0.1, 0.15) is 93.9 Å². The first-order chi connectivity index (χ1) is 14.0. The second kappa shape index (κ2) is 9.06. The number of carbonyl (C=O) groups is 2. The van der Waals surface area contributed by atoms with Crippen molar-refractivity contribution in [3.63, 3.8) is 0 Å². The molecule has 0 aromatic heterocycles. The molecule has 8 heteroatoms. The zero-order valence-corrected chi connectivity index (χ0v) is 20.5. The van der Waals surface area contributed by atoms with Crippen LogP contribution in [0.5, 0.6) is 0 Å². The first-order valence-electron chi connectivity index (χ1n) is 11.3. The molecule has 0 aliphatic carbocycles. The van der Waals surface area contributed by atoms with Crippen LogP contribution >= 0.6 is 0 Å². The van der Waals surface area contributed by atoms with Crippen LogP contribution in [0.4, 0.5) is 0 Å². The number of carbonyl (C=O) groups excluding carboxylic acids is 2. The number of piperidine rings is 2. The Bertz CT molecular complexity index is 637. The summed E-state index contributed by atoms with van der Waals surface area (Å²) in [6.07, 6.45) is 1.99. The van der Waals surface area contributed by atoms with E-state index in [0.717, 1.165) is 0 Å². The van der Waals surface area contributed by atoms with Crippen LogP contribution in [0.15, 0.2) is 0 Å². The van der Waals surface area contributed by atoms with Gasteiger partial charge in [-0.25, -0.2) is 0 Å². The highest BCUT2D eigenvalue weighted by atomic mass is 16.5. The van der Waals surface area contributed by atoms with Gasteiger partial charge in [0.05, 0.1) is 12.5 Å². The standard InChI is InChI=1S/C23H42N2O6/c1-20(2)11-17(12-21(3,4)24(20)28)30-15-16(26)9-10-19(27)31-18-13-22(5,6)25(29)23(7,8)14-18/h17-18,28-29H,9-15H2,1-8H3. The Labute approximate surface area is 186 Å². The minimum absolute atomic E-state index is 0.0223. The molecule has 0 aromatic rings. The number of ether oxygens (including phenoxy) is 2. The van der Waals surface area contributed by atoms with Gasteiger partial charge in [0.2, 0.25) is 0 Å². The molecular weight excluding hydrogens is 400 g/mol. The van der Waals surface area contributed by atoms with Crippen LogP contribution in [0.3, 0.4) is 0 Å². The van der Waals surface area contributed by atoms with E-state index < -0.39 is 28.1 Å². The van der Waals surface area contributed by atoms with Crippen molar-refractivity contribution in [3.05, 3.63) is 0 Å². The molecule has 2 aliphatic rings. The molecule has 2 fully saturated rings. The second-order valence-corrected chi connectivity index (χ2v) is 11.8. The van der Waals surface area contributed by atoms with Crippen molar-refractivity contribution >= 4 is 11.8 Å². The van der Waals surface area contributed by atoms with Crippen LogP contribution < -0.4 is 0 Å². The molecule has 0 bridgehead atoms. The Hall–Kier alpha value is -1.06. The highest BCUT2D eigenvalue weighted by Gasteiger charge is 2.47. The van der Waals surface area contributed by atoms with E-state index in [2.05, 4.69) is 0 Å². The van der Waals surface area contributed by atoms with Crippen LogP contribution in [0.25, 0.3) is 0 Å². The summed E-state index contributed by atoms with van der Waals surface area (Å²) in [5, 5.41) is 23.4. The average Bonchev–Trinajstić information content (AvgIpc) is 2.59. The molecule has 31 heavy (non-hydrogen) atoms. The Morgan fingerprint density at radius 2 is 1.13 bits per heavy atom. The van der Waals surface area contributed by atoms with Crippen LogP contribution in [0, 0.1) is 0 Å². The molecule has 0 aromatic carbocycles. The molecule has 2 aliphatic heterocycles. The van der Waals surface area contributed by atoms with E-state index in [9.17, 15) is 20.0 Å². The lowest BCUT2D eigenvalue weighted by atomic mass is 9.80. The van der Waals surface area contributed by atoms with E-state index in [-0.39, 0.29) is 37.4 Å². The van der Waals surface area contributed by atoms with Gasteiger partial charge in [-0.05, 0) is 68.2 Å². The lowest BCUT2D eigenvalue weighted by Crippen LogP contribution is -2.60. The van der Waals surface area contributed by atoms with Crippen molar-refractivity contribution < 1.29 is 29.5 Å². The normalized spacial score (nSPS) is 26.5. The second-order valence-electron chi connectivity index (χ2n) is 11.8. The number of Topliss-reactive ketones (excluding diaryl/α,β-unsaturated/α-hetero) is 1. The van der Waals surface area contributed by atoms with Gasteiger partial charge < -0.3 is 19.9 Å². The van der Waals surface area contributed by atoms with E-state index >= 15 is 0 Å². The predicted molar refractivity (Wildman–Crippen MR) is 116 cm³/mol. The Kier molecular flexibility index (Phi) is 7.65. The Morgan fingerprint density at radius 1 is 0.742 bits per heavy atom. The van der Waals surface area contributed by atoms with Gasteiger partial charge in [0.15, 0.2) is 5.78 Å². The summed E-state index contributed by atoms with van der Waals surface area (Å²) in [5.74, 6) is -0.531. The number of rotatable bonds is 7. The van der Waals surface area contributed by atoms with E-state index in [1.807, 2.05) is 55.4 Å². The Balaban J connectivity index is 1.77. The fourth-order valence-corrected chi connectivity index (χ4v) is 5.33. The van der Waals surface area contributed by atoms with Crippen molar-refractivity contribution in [2.24, 2.45) is 0 Å². The first-order valence-corrected chi connectivity index (χ1v) is 11.3. The third-order valence-corrected chi connectivity index (χ3v) is 6.59. The highest BCUT2D eigenvalue weighted by Crippen LogP contribution is 2.39. The number of nitrogens with zero attached hydrogens (tertiary/aromatic N) is 2. The molecule has 2 N–H and O–H groups in total. The fraction of sp³-hybridized carbons (Fsp3) is 0.913. The third-order valence-electron chi connectivity index (χ3n) is 6.59. The van der Waals surface area contributed by atoms with Crippen molar-refractivity contribution in [2.45, 2.75) is 128 Å². The van der Waals surface area contributed by atoms with Gasteiger partial charge in [0, 0.05) is 41.4 Å². The third kappa shape index (κ3) is 6.48. The topological polar surface area (TPSA) is 99.5 Å². The summed E-state index contributed by atoms with van der Waals surface area (Å²) < 4.78 is 11.5. The molecule has 0 spiro atoms. The number of esters is 1. The van der Waals surface area contributed by atoms with Crippen LogP contribution in [-0.4, -0.2) is 73.3 Å². The summed E-state index contributed by atoms with van der Waals surface area (Å²) >= 11 is 0. The lowest BCUT2D eigenvalue weighted by molar-refractivity contribution is -0.260. The molecule has 180 valence electrons. The quantitative estimate of drug-likeness (QED) is 0.576. The monoisotopic (exact) mass is 442 g/mol. The molecule has 2 heterocycles. The maximum absolute atomic E-state index is 12.3. The van der Waals surface area contributed by atoms with Gasteiger partial charge in [0.25, 0.3) is 0 Å². The molecule has 0 radical (unpaired) electrons. The predicted octanol–water partition coefficient (Wildman–Crippen LogP) is 3.72. The van der Waals surface area contributed by atoms with Gasteiger partial charge in [-0.2, -0.15) is 10.1 Å². The van der Waals surface area contributed by atoms with Crippen LogP contribution in [0.2, 0.25) is 0 Å². The molecule has 2 saturated heterocycles.